The number of para-hydroxylation sites is 1. The van der Waals surface area contributed by atoms with Crippen LogP contribution in [-0.2, 0) is 0 Å². The highest BCUT2D eigenvalue weighted by atomic mass is 32.1. The van der Waals surface area contributed by atoms with E-state index in [1.165, 1.54) is 96.5 Å². The van der Waals surface area contributed by atoms with Gasteiger partial charge in [-0.15, -0.1) is 11.3 Å². The molecule has 0 fully saturated rings. The topological polar surface area (TPSA) is 8.17 Å². The van der Waals surface area contributed by atoms with E-state index in [4.69, 9.17) is 0 Å². The number of benzene rings is 11. The van der Waals surface area contributed by atoms with Gasteiger partial charge < -0.3 is 9.47 Å². The first kappa shape index (κ1) is 35.7. The number of fused-ring (bicyclic) bond motifs is 10. The minimum absolute atomic E-state index is 1.11. The maximum absolute atomic E-state index is 2.47. The van der Waals surface area contributed by atoms with Gasteiger partial charge in [-0.3, -0.25) is 0 Å². The summed E-state index contributed by atoms with van der Waals surface area (Å²) in [7, 11) is 0. The van der Waals surface area contributed by atoms with Crippen LogP contribution in [0.5, 0.6) is 0 Å². The van der Waals surface area contributed by atoms with Crippen LogP contribution in [0, 0.1) is 0 Å². The van der Waals surface area contributed by atoms with Gasteiger partial charge >= 0.3 is 0 Å². The fourth-order valence-electron chi connectivity index (χ4n) is 10.0. The quantitative estimate of drug-likeness (QED) is 0.162. The Morgan fingerprint density at radius 1 is 0.317 bits per heavy atom. The molecular weight excluding hydrogens is 781 g/mol. The monoisotopic (exact) mass is 818 g/mol. The molecular formula is C60H38N2S. The zero-order chi connectivity index (χ0) is 41.4. The van der Waals surface area contributed by atoms with Crippen molar-refractivity contribution in [3.8, 4) is 27.9 Å². The molecule has 0 N–H and O–H groups in total. The second-order valence-electron chi connectivity index (χ2n) is 16.5. The van der Waals surface area contributed by atoms with Crippen LogP contribution in [0.15, 0.2) is 231 Å². The number of rotatable bonds is 6. The third kappa shape index (κ3) is 5.78. The second-order valence-corrected chi connectivity index (χ2v) is 17.6. The van der Waals surface area contributed by atoms with Crippen molar-refractivity contribution in [2.75, 3.05) is 4.90 Å². The summed E-state index contributed by atoms with van der Waals surface area (Å²) in [5.74, 6) is 0. The Bertz CT molecular complexity index is 3910. The molecule has 13 aromatic rings. The highest BCUT2D eigenvalue weighted by Gasteiger charge is 2.21. The van der Waals surface area contributed by atoms with Gasteiger partial charge in [-0.05, 0) is 127 Å². The number of anilines is 3. The maximum atomic E-state index is 2.47. The number of thiophene rings is 1. The van der Waals surface area contributed by atoms with E-state index >= 15 is 0 Å². The summed E-state index contributed by atoms with van der Waals surface area (Å²) in [5.41, 5.74) is 11.8. The molecule has 0 aliphatic heterocycles. The number of aromatic nitrogens is 1. The third-order valence-corrected chi connectivity index (χ3v) is 14.1. The van der Waals surface area contributed by atoms with Gasteiger partial charge in [0.25, 0.3) is 0 Å². The van der Waals surface area contributed by atoms with Crippen molar-refractivity contribution in [1.82, 2.24) is 4.57 Å². The lowest BCUT2D eigenvalue weighted by molar-refractivity contribution is 1.19. The summed E-state index contributed by atoms with van der Waals surface area (Å²) in [5, 5.41) is 12.5. The highest BCUT2D eigenvalue weighted by molar-refractivity contribution is 7.26. The minimum atomic E-state index is 1.11. The second kappa shape index (κ2) is 14.3. The Morgan fingerprint density at radius 2 is 0.937 bits per heavy atom. The molecule has 0 atom stereocenters. The van der Waals surface area contributed by atoms with Crippen LogP contribution >= 0.6 is 11.3 Å². The molecule has 3 heteroatoms. The number of hydrogen-bond acceptors (Lipinski definition) is 2. The molecule has 0 radical (unpaired) electrons. The van der Waals surface area contributed by atoms with Crippen LogP contribution < -0.4 is 4.90 Å². The molecule has 63 heavy (non-hydrogen) atoms. The molecule has 0 spiro atoms. The Kier molecular flexibility index (Phi) is 8.12. The van der Waals surface area contributed by atoms with Crippen LogP contribution in [-0.4, -0.2) is 4.57 Å². The molecule has 2 heterocycles. The lowest BCUT2D eigenvalue weighted by atomic mass is 9.92. The predicted octanol–water partition coefficient (Wildman–Crippen LogP) is 17.4. The molecule has 0 aliphatic carbocycles. The van der Waals surface area contributed by atoms with E-state index in [-0.39, 0.29) is 0 Å². The first-order chi connectivity index (χ1) is 31.2. The zero-order valence-corrected chi connectivity index (χ0v) is 35.1. The van der Waals surface area contributed by atoms with Crippen molar-refractivity contribution in [2.45, 2.75) is 0 Å². The van der Waals surface area contributed by atoms with E-state index in [9.17, 15) is 0 Å². The van der Waals surface area contributed by atoms with Gasteiger partial charge in [-0.25, -0.2) is 0 Å². The molecule has 0 saturated heterocycles. The van der Waals surface area contributed by atoms with Crippen LogP contribution in [0.1, 0.15) is 0 Å². The first-order valence-electron chi connectivity index (χ1n) is 21.6. The van der Waals surface area contributed by atoms with Crippen LogP contribution in [0.4, 0.5) is 17.1 Å². The van der Waals surface area contributed by atoms with Crippen molar-refractivity contribution in [3.63, 3.8) is 0 Å². The van der Waals surface area contributed by atoms with Crippen molar-refractivity contribution in [2.24, 2.45) is 0 Å². The van der Waals surface area contributed by atoms with E-state index in [2.05, 4.69) is 240 Å². The maximum Gasteiger partial charge on any atom is 0.0553 e. The van der Waals surface area contributed by atoms with Crippen molar-refractivity contribution in [1.29, 1.82) is 0 Å². The van der Waals surface area contributed by atoms with Crippen molar-refractivity contribution < 1.29 is 0 Å². The minimum Gasteiger partial charge on any atom is -0.310 e. The standard InChI is InChI=1S/C60H38N2S/c1-2-13-39(14-3-1)42-25-29-45(30-26-42)61(46-31-27-40-15-4-6-17-43(40)35-46)48-33-34-57-54(37-48)60-51(22-12-24-58(60)63-57)53-38-56-59(50-20-9-8-19-49(50)53)52-21-10-11-23-55(52)62(56)47-32-28-41-16-5-7-18-44(41)36-47/h1-38H. The van der Waals surface area contributed by atoms with Gasteiger partial charge in [0.2, 0.25) is 0 Å². The largest absolute Gasteiger partial charge is 0.310 e. The lowest BCUT2D eigenvalue weighted by Gasteiger charge is -2.26. The van der Waals surface area contributed by atoms with Crippen molar-refractivity contribution >= 4 is 103 Å². The molecule has 11 aromatic carbocycles. The fourth-order valence-corrected chi connectivity index (χ4v) is 11.1. The predicted molar refractivity (Wildman–Crippen MR) is 272 cm³/mol. The van der Waals surface area contributed by atoms with Crippen LogP contribution in [0.2, 0.25) is 0 Å². The summed E-state index contributed by atoms with van der Waals surface area (Å²) < 4.78 is 5.03. The molecule has 0 unspecified atom stereocenters. The SMILES string of the molecule is c1ccc(-c2ccc(N(c3ccc4ccccc4c3)c3ccc4sc5cccc(-c6cc7c(c8ccccc68)c6ccccc6n7-c6ccc7ccccc7c6)c5c4c3)cc2)cc1. The summed E-state index contributed by atoms with van der Waals surface area (Å²) in [6.45, 7) is 0. The van der Waals surface area contributed by atoms with Gasteiger partial charge in [0.15, 0.2) is 0 Å². The summed E-state index contributed by atoms with van der Waals surface area (Å²) in [4.78, 5) is 2.41. The molecule has 2 nitrogen and oxygen atoms in total. The first-order valence-corrected chi connectivity index (χ1v) is 22.4. The van der Waals surface area contributed by atoms with E-state index in [0.29, 0.717) is 0 Å². The molecule has 0 saturated carbocycles. The number of hydrogen-bond donors (Lipinski definition) is 0. The lowest BCUT2D eigenvalue weighted by Crippen LogP contribution is -2.09. The average molecular weight is 819 g/mol. The van der Waals surface area contributed by atoms with E-state index in [1.807, 2.05) is 11.3 Å². The molecule has 0 aliphatic rings. The summed E-state index contributed by atoms with van der Waals surface area (Å²) >= 11 is 1.87. The Labute approximate surface area is 368 Å². The molecule has 0 amide bonds. The number of nitrogens with zero attached hydrogens (tertiary/aromatic N) is 2. The van der Waals surface area contributed by atoms with Crippen molar-refractivity contribution in [3.05, 3.63) is 231 Å². The molecule has 0 bridgehead atoms. The average Bonchev–Trinajstić information content (AvgIpc) is 3.90. The van der Waals surface area contributed by atoms with Crippen LogP contribution in [0.3, 0.4) is 0 Å². The van der Waals surface area contributed by atoms with E-state index in [1.54, 1.807) is 0 Å². The van der Waals surface area contributed by atoms with E-state index < -0.39 is 0 Å². The van der Waals surface area contributed by atoms with Gasteiger partial charge in [-0.1, -0.05) is 158 Å². The van der Waals surface area contributed by atoms with Crippen LogP contribution in [0.25, 0.3) is 102 Å². The highest BCUT2D eigenvalue weighted by Crippen LogP contribution is 2.48. The van der Waals surface area contributed by atoms with Gasteiger partial charge in [0.05, 0.1) is 11.0 Å². The fraction of sp³-hybridized carbons (Fsp3) is 0. The Morgan fingerprint density at radius 3 is 1.75 bits per heavy atom. The molecule has 13 rings (SSSR count). The van der Waals surface area contributed by atoms with Gasteiger partial charge in [0, 0.05) is 53.7 Å². The normalized spacial score (nSPS) is 11.8. The molecule has 294 valence electrons. The molecule has 2 aromatic heterocycles. The Balaban J connectivity index is 1.05. The van der Waals surface area contributed by atoms with Gasteiger partial charge in [0.1, 0.15) is 0 Å². The summed E-state index contributed by atoms with van der Waals surface area (Å²) in [6.07, 6.45) is 0. The van der Waals surface area contributed by atoms with Gasteiger partial charge in [-0.2, -0.15) is 0 Å². The zero-order valence-electron chi connectivity index (χ0n) is 34.2. The smallest absolute Gasteiger partial charge is 0.0553 e. The summed E-state index contributed by atoms with van der Waals surface area (Å²) in [6, 6.07) is 84.8. The Hall–Kier alpha value is -7.98. The van der Waals surface area contributed by atoms with E-state index in [0.717, 1.165) is 22.7 Å². The third-order valence-electron chi connectivity index (χ3n) is 12.9.